The van der Waals surface area contributed by atoms with Crippen LogP contribution in [0.4, 0.5) is 5.69 Å². The molecule has 6 rings (SSSR count). The molecular formula is C39H33N2O5PS. The van der Waals surface area contributed by atoms with Crippen molar-refractivity contribution in [2.24, 2.45) is 0 Å². The summed E-state index contributed by atoms with van der Waals surface area (Å²) < 4.78 is 6.15. The van der Waals surface area contributed by atoms with Gasteiger partial charge in [0.25, 0.3) is 5.69 Å². The van der Waals surface area contributed by atoms with Crippen LogP contribution in [0.2, 0.25) is 0 Å². The number of likely N-dealkylation sites (tertiary alicyclic amines) is 1. The van der Waals surface area contributed by atoms with E-state index in [4.69, 9.17) is 17.0 Å². The summed E-state index contributed by atoms with van der Waals surface area (Å²) in [5.41, 5.74) is 0.853. The summed E-state index contributed by atoms with van der Waals surface area (Å²) in [6.45, 7) is -1.12. The Balaban J connectivity index is 1.59. The predicted molar refractivity (Wildman–Crippen MR) is 196 cm³/mol. The van der Waals surface area contributed by atoms with Gasteiger partial charge in [-0.05, 0) is 46.1 Å². The van der Waals surface area contributed by atoms with E-state index < -0.39 is 23.3 Å². The fourth-order valence-electron chi connectivity index (χ4n) is 6.36. The Bertz CT molecular complexity index is 1920. The summed E-state index contributed by atoms with van der Waals surface area (Å²) in [6, 6.07) is 45.1. The van der Waals surface area contributed by atoms with E-state index in [2.05, 4.69) is 0 Å². The molecule has 0 bridgehead atoms. The Morgan fingerprint density at radius 3 is 1.69 bits per heavy atom. The van der Waals surface area contributed by atoms with E-state index in [0.717, 1.165) is 21.5 Å². The monoisotopic (exact) mass is 672 g/mol. The molecule has 7 nitrogen and oxygen atoms in total. The molecule has 5 aromatic rings. The van der Waals surface area contributed by atoms with Gasteiger partial charge in [-0.3, -0.25) is 19.8 Å². The molecule has 1 amide bonds. The van der Waals surface area contributed by atoms with Gasteiger partial charge in [0.15, 0.2) is 0 Å². The molecule has 1 saturated heterocycles. The molecule has 1 atom stereocenters. The van der Waals surface area contributed by atoms with Gasteiger partial charge in [0.1, 0.15) is 12.0 Å². The van der Waals surface area contributed by atoms with Crippen molar-refractivity contribution >= 4 is 62.9 Å². The molecular weight excluding hydrogens is 639 g/mol. The zero-order valence-corrected chi connectivity index (χ0v) is 28.0. The van der Waals surface area contributed by atoms with Gasteiger partial charge < -0.3 is 4.74 Å². The van der Waals surface area contributed by atoms with Crippen LogP contribution in [0.1, 0.15) is 30.9 Å². The van der Waals surface area contributed by atoms with Crippen LogP contribution in [0, 0.1) is 10.1 Å². The van der Waals surface area contributed by atoms with Crippen molar-refractivity contribution in [3.8, 4) is 0 Å². The number of esters is 1. The second-order valence-corrected chi connectivity index (χ2v) is 15.7. The van der Waals surface area contributed by atoms with Gasteiger partial charge in [-0.25, -0.2) is 4.79 Å². The summed E-state index contributed by atoms with van der Waals surface area (Å²) in [5, 5.41) is 13.9. The van der Waals surface area contributed by atoms with Crippen LogP contribution in [0.15, 0.2) is 146 Å². The van der Waals surface area contributed by atoms with Gasteiger partial charge in [-0.2, -0.15) is 0 Å². The normalized spacial score (nSPS) is 15.7. The highest BCUT2D eigenvalue weighted by molar-refractivity contribution is 7.96. The highest BCUT2D eigenvalue weighted by Gasteiger charge is 2.54. The van der Waals surface area contributed by atoms with Gasteiger partial charge in [0.2, 0.25) is 5.91 Å². The maximum absolute atomic E-state index is 14.9. The molecule has 1 fully saturated rings. The average Bonchev–Trinajstić information content (AvgIpc) is 3.12. The van der Waals surface area contributed by atoms with Crippen LogP contribution in [-0.2, 0) is 20.9 Å². The topological polar surface area (TPSA) is 89.8 Å². The van der Waals surface area contributed by atoms with E-state index >= 15 is 0 Å². The minimum atomic E-state index is -3.08. The Morgan fingerprint density at radius 1 is 0.792 bits per heavy atom. The highest BCUT2D eigenvalue weighted by Crippen LogP contribution is 2.51. The van der Waals surface area contributed by atoms with E-state index in [1.807, 2.05) is 128 Å². The first-order chi connectivity index (χ1) is 23.2. The third-order valence-corrected chi connectivity index (χ3v) is 13.2. The maximum atomic E-state index is 14.9. The lowest BCUT2D eigenvalue weighted by molar-refractivity contribution is -0.384. The lowest BCUT2D eigenvalue weighted by Gasteiger charge is -2.52. The van der Waals surface area contributed by atoms with E-state index in [0.29, 0.717) is 10.4 Å². The second-order valence-electron chi connectivity index (χ2n) is 11.9. The number of nitro groups is 1. The number of carbonyl (C=O) groups excluding carboxylic acids is 2. The predicted octanol–water partition coefficient (Wildman–Crippen LogP) is 6.56. The number of non-ortho nitro benzene ring substituents is 1. The molecule has 1 unspecified atom stereocenters. The number of hydrogen-bond donors (Lipinski definition) is 0. The third-order valence-electron chi connectivity index (χ3n) is 8.62. The van der Waals surface area contributed by atoms with Crippen LogP contribution >= 0.6 is 19.1 Å². The Morgan fingerprint density at radius 2 is 1.25 bits per heavy atom. The Hall–Kier alpha value is -5.17. The molecule has 9 heteroatoms. The highest BCUT2D eigenvalue weighted by atomic mass is 32.1. The number of nitrogens with zero attached hydrogens (tertiary/aromatic N) is 2. The molecule has 1 heterocycles. The first-order valence-electron chi connectivity index (χ1n) is 15.5. The van der Waals surface area contributed by atoms with Gasteiger partial charge >= 0.3 is 5.97 Å². The second kappa shape index (κ2) is 13.9. The fraction of sp³-hybridized carbons (Fsp3) is 0.128. The fourth-order valence-corrected chi connectivity index (χ4v) is 11.3. The molecule has 0 N–H and O–H groups in total. The quantitative estimate of drug-likeness (QED) is 0.0300. The summed E-state index contributed by atoms with van der Waals surface area (Å²) in [7, 11) is 0. The smallest absolute Gasteiger partial charge is 0.356 e. The number of ether oxygens (including phenoxy) is 1. The van der Waals surface area contributed by atoms with Gasteiger partial charge in [-0.15, -0.1) is 0 Å². The van der Waals surface area contributed by atoms with Crippen LogP contribution in [-0.4, -0.2) is 37.5 Å². The first kappa shape index (κ1) is 32.8. The van der Waals surface area contributed by atoms with Crippen molar-refractivity contribution in [2.75, 3.05) is 0 Å². The van der Waals surface area contributed by atoms with E-state index in [9.17, 15) is 19.7 Å². The number of carbonyl (C=O) groups is 2. The van der Waals surface area contributed by atoms with E-state index in [1.165, 1.54) is 12.1 Å². The largest absolute Gasteiger partial charge is 0.456 e. The summed E-state index contributed by atoms with van der Waals surface area (Å²) >= 11 is 5.89. The van der Waals surface area contributed by atoms with Crippen LogP contribution < -0.4 is 15.9 Å². The van der Waals surface area contributed by atoms with Gasteiger partial charge in [0.05, 0.1) is 16.9 Å². The summed E-state index contributed by atoms with van der Waals surface area (Å²) in [4.78, 5) is 41.9. The van der Waals surface area contributed by atoms with Crippen molar-refractivity contribution < 1.29 is 19.2 Å². The van der Waals surface area contributed by atoms with E-state index in [1.54, 1.807) is 17.0 Å². The van der Waals surface area contributed by atoms with Crippen molar-refractivity contribution in [3.05, 3.63) is 167 Å². The van der Waals surface area contributed by atoms with Gasteiger partial charge in [0, 0.05) is 30.3 Å². The number of rotatable bonds is 11. The first-order valence-corrected chi connectivity index (χ1v) is 17.7. The van der Waals surface area contributed by atoms with Crippen molar-refractivity contribution in [1.82, 2.24) is 4.90 Å². The van der Waals surface area contributed by atoms with E-state index in [-0.39, 0.29) is 36.5 Å². The summed E-state index contributed by atoms with van der Waals surface area (Å²) in [6.07, 6.45) is 0.424. The molecule has 0 spiro atoms. The molecule has 0 radical (unpaired) electrons. The lowest BCUT2D eigenvalue weighted by Crippen LogP contribution is -2.67. The van der Waals surface area contributed by atoms with Crippen LogP contribution in [0.5, 0.6) is 0 Å². The van der Waals surface area contributed by atoms with Crippen molar-refractivity contribution in [2.45, 2.75) is 31.9 Å². The SMILES string of the molecule is CC1(CC(=S)c2ccc([N+](=O)[O-])cc2)CC(=O)N1C(C(=O)OCc1ccccc1)=P(c1ccccc1)(c1ccccc1)c1ccccc1. The number of β-lactam (4-membered cyclic amide) rings is 1. The Kier molecular flexibility index (Phi) is 9.49. The molecule has 1 aliphatic heterocycles. The molecule has 48 heavy (non-hydrogen) atoms. The molecule has 5 aromatic carbocycles. The van der Waals surface area contributed by atoms with Crippen molar-refractivity contribution in [1.29, 1.82) is 0 Å². The molecule has 0 aromatic heterocycles. The lowest BCUT2D eigenvalue weighted by atomic mass is 9.80. The number of amides is 1. The zero-order chi connectivity index (χ0) is 33.7. The molecule has 0 saturated carbocycles. The Labute approximate surface area is 284 Å². The molecule has 240 valence electrons. The zero-order valence-electron chi connectivity index (χ0n) is 26.3. The minimum absolute atomic E-state index is 0.0293. The standard InChI is InChI=1S/C39H33N2O5PS/c1-39(26-35(48)30-22-24-31(25-23-30)41(44)45)27-36(42)40(39)37(38(43)46-28-29-14-6-2-7-15-29)47(32-16-8-3-9-17-32,33-18-10-4-11-19-33)34-20-12-5-13-21-34/h2-25H,26-28H2,1H3. The van der Waals surface area contributed by atoms with Crippen molar-refractivity contribution in [3.63, 3.8) is 0 Å². The third kappa shape index (κ3) is 6.25. The molecule has 0 aliphatic carbocycles. The van der Waals surface area contributed by atoms with Crippen LogP contribution in [0.25, 0.3) is 0 Å². The number of benzene rings is 5. The minimum Gasteiger partial charge on any atom is -0.456 e. The number of nitro benzene ring substituents is 1. The number of thiocarbonyl (C=S) groups is 1. The molecule has 1 aliphatic rings. The average molecular weight is 673 g/mol. The van der Waals surface area contributed by atoms with Crippen LogP contribution in [0.3, 0.4) is 0 Å². The maximum Gasteiger partial charge on any atom is 0.356 e. The summed E-state index contributed by atoms with van der Waals surface area (Å²) in [5.74, 6) is -0.785. The number of hydrogen-bond acceptors (Lipinski definition) is 6. The van der Waals surface area contributed by atoms with Gasteiger partial charge in [-0.1, -0.05) is 134 Å².